The van der Waals surface area contributed by atoms with Crippen LogP contribution in [-0.2, 0) is 6.54 Å². The molecule has 1 aliphatic carbocycles. The molecule has 0 bridgehead atoms. The van der Waals surface area contributed by atoms with Gasteiger partial charge in [0.05, 0.1) is 18.3 Å². The molecule has 1 aromatic carbocycles. The number of phenols is 1. The molecule has 1 saturated carbocycles. The number of rotatable bonds is 5. The predicted octanol–water partition coefficient (Wildman–Crippen LogP) is 4.53. The summed E-state index contributed by atoms with van der Waals surface area (Å²) in [6.07, 6.45) is 7.16. The van der Waals surface area contributed by atoms with Gasteiger partial charge in [0.25, 0.3) is 0 Å². The molecule has 0 unspecified atom stereocenters. The van der Waals surface area contributed by atoms with E-state index in [-0.39, 0.29) is 18.1 Å². The number of benzene rings is 1. The monoisotopic (exact) mass is 371 g/mol. The van der Waals surface area contributed by atoms with E-state index in [1.807, 2.05) is 30.0 Å². The summed E-state index contributed by atoms with van der Waals surface area (Å²) in [6, 6.07) is 9.51. The average molecular weight is 371 g/mol. The Balaban J connectivity index is 1.73. The maximum Gasteiger partial charge on any atom is 0.318 e. The molecule has 0 spiro atoms. The maximum atomic E-state index is 13.6. The standard InChI is InChI=1S/C21H26FN3O2/c1-15(16-10-11-20(26)19(22)13-16)24-21(27)25(18-8-3-2-4-9-18)14-17-7-5-6-12-23-17/h5-7,10-13,15,18,26H,2-4,8-9,14H2,1H3,(H,24,27)/t15-/m0/s1. The van der Waals surface area contributed by atoms with Gasteiger partial charge in [0, 0.05) is 12.2 Å². The van der Waals surface area contributed by atoms with Crippen LogP contribution in [0.3, 0.4) is 0 Å². The number of hydrogen-bond donors (Lipinski definition) is 2. The maximum absolute atomic E-state index is 13.6. The van der Waals surface area contributed by atoms with Crippen LogP contribution < -0.4 is 5.32 Å². The van der Waals surface area contributed by atoms with Crippen molar-refractivity contribution in [1.82, 2.24) is 15.2 Å². The van der Waals surface area contributed by atoms with Crippen LogP contribution in [0.25, 0.3) is 0 Å². The fourth-order valence-electron chi connectivity index (χ4n) is 3.57. The summed E-state index contributed by atoms with van der Waals surface area (Å²) in [5.41, 5.74) is 1.46. The molecule has 2 N–H and O–H groups in total. The number of halogens is 1. The van der Waals surface area contributed by atoms with Crippen molar-refractivity contribution in [2.45, 2.75) is 57.7 Å². The van der Waals surface area contributed by atoms with Gasteiger partial charge in [0.1, 0.15) is 0 Å². The molecule has 2 aromatic rings. The van der Waals surface area contributed by atoms with Gasteiger partial charge < -0.3 is 15.3 Å². The molecular weight excluding hydrogens is 345 g/mol. The van der Waals surface area contributed by atoms with Gasteiger partial charge in [-0.15, -0.1) is 0 Å². The number of urea groups is 1. The summed E-state index contributed by atoms with van der Waals surface area (Å²) in [5, 5.41) is 12.3. The zero-order chi connectivity index (χ0) is 19.2. The Morgan fingerprint density at radius 1 is 1.30 bits per heavy atom. The summed E-state index contributed by atoms with van der Waals surface area (Å²) < 4.78 is 13.6. The largest absolute Gasteiger partial charge is 0.505 e. The predicted molar refractivity (Wildman–Crippen MR) is 102 cm³/mol. The molecule has 0 saturated heterocycles. The number of carbonyl (C=O) groups excluding carboxylic acids is 1. The van der Waals surface area contributed by atoms with Crippen LogP contribution >= 0.6 is 0 Å². The number of hydrogen-bond acceptors (Lipinski definition) is 3. The number of nitrogens with one attached hydrogen (secondary N) is 1. The highest BCUT2D eigenvalue weighted by atomic mass is 19.1. The highest BCUT2D eigenvalue weighted by Crippen LogP contribution is 2.25. The van der Waals surface area contributed by atoms with Crippen LogP contribution in [-0.4, -0.2) is 27.1 Å². The smallest absolute Gasteiger partial charge is 0.318 e. The molecule has 5 nitrogen and oxygen atoms in total. The van der Waals surface area contributed by atoms with Crippen molar-refractivity contribution in [2.24, 2.45) is 0 Å². The SMILES string of the molecule is C[C@H](NC(=O)N(Cc1ccccn1)C1CCCCC1)c1ccc(O)c(F)c1. The lowest BCUT2D eigenvalue weighted by atomic mass is 9.94. The molecule has 144 valence electrons. The molecule has 0 radical (unpaired) electrons. The van der Waals surface area contributed by atoms with Crippen molar-refractivity contribution in [1.29, 1.82) is 0 Å². The third-order valence-electron chi connectivity index (χ3n) is 5.15. The van der Waals surface area contributed by atoms with E-state index in [2.05, 4.69) is 10.3 Å². The van der Waals surface area contributed by atoms with E-state index >= 15 is 0 Å². The van der Waals surface area contributed by atoms with E-state index in [4.69, 9.17) is 0 Å². The van der Waals surface area contributed by atoms with Crippen molar-refractivity contribution in [3.05, 3.63) is 59.7 Å². The van der Waals surface area contributed by atoms with E-state index in [1.54, 1.807) is 12.3 Å². The van der Waals surface area contributed by atoms with Crippen LogP contribution in [0.4, 0.5) is 9.18 Å². The second-order valence-electron chi connectivity index (χ2n) is 7.12. The summed E-state index contributed by atoms with van der Waals surface area (Å²) in [5.74, 6) is -1.08. The molecule has 1 aliphatic rings. The normalized spacial score (nSPS) is 15.9. The molecular formula is C21H26FN3O2. The summed E-state index contributed by atoms with van der Waals surface area (Å²) in [7, 11) is 0. The lowest BCUT2D eigenvalue weighted by Gasteiger charge is -2.35. The topological polar surface area (TPSA) is 65.5 Å². The Hall–Kier alpha value is -2.63. The van der Waals surface area contributed by atoms with Gasteiger partial charge in [-0.25, -0.2) is 9.18 Å². The van der Waals surface area contributed by atoms with Gasteiger partial charge >= 0.3 is 6.03 Å². The van der Waals surface area contributed by atoms with Crippen molar-refractivity contribution >= 4 is 6.03 Å². The first-order valence-corrected chi connectivity index (χ1v) is 9.50. The number of amides is 2. The number of pyridine rings is 1. The van der Waals surface area contributed by atoms with Gasteiger partial charge in [0.15, 0.2) is 11.6 Å². The number of carbonyl (C=O) groups is 1. The highest BCUT2D eigenvalue weighted by molar-refractivity contribution is 5.75. The quantitative estimate of drug-likeness (QED) is 0.811. The number of phenolic OH excluding ortho intramolecular Hbond substituents is 1. The Morgan fingerprint density at radius 3 is 2.74 bits per heavy atom. The Kier molecular flexibility index (Phi) is 6.27. The van der Waals surface area contributed by atoms with Crippen molar-refractivity contribution < 1.29 is 14.3 Å². The summed E-state index contributed by atoms with van der Waals surface area (Å²) in [6.45, 7) is 2.26. The first kappa shape index (κ1) is 19.1. The molecule has 0 aliphatic heterocycles. The summed E-state index contributed by atoms with van der Waals surface area (Å²) in [4.78, 5) is 19.2. The molecule has 2 amide bonds. The first-order valence-electron chi connectivity index (χ1n) is 9.50. The first-order chi connectivity index (χ1) is 13.0. The summed E-state index contributed by atoms with van der Waals surface area (Å²) >= 11 is 0. The molecule has 27 heavy (non-hydrogen) atoms. The minimum atomic E-state index is -0.689. The second kappa shape index (κ2) is 8.84. The molecule has 6 heteroatoms. The second-order valence-corrected chi connectivity index (χ2v) is 7.12. The Labute approximate surface area is 159 Å². The zero-order valence-corrected chi connectivity index (χ0v) is 15.6. The van der Waals surface area contributed by atoms with Gasteiger partial charge in [-0.3, -0.25) is 4.98 Å². The number of aromatic hydroxyl groups is 1. The molecule has 1 aromatic heterocycles. The lowest BCUT2D eigenvalue weighted by molar-refractivity contribution is 0.147. The highest BCUT2D eigenvalue weighted by Gasteiger charge is 2.27. The van der Waals surface area contributed by atoms with E-state index in [0.29, 0.717) is 12.1 Å². The van der Waals surface area contributed by atoms with Gasteiger partial charge in [-0.1, -0.05) is 31.4 Å². The van der Waals surface area contributed by atoms with E-state index < -0.39 is 11.6 Å². The van der Waals surface area contributed by atoms with Crippen LogP contribution in [0.1, 0.15) is 56.3 Å². The van der Waals surface area contributed by atoms with Gasteiger partial charge in [-0.2, -0.15) is 0 Å². The van der Waals surface area contributed by atoms with E-state index in [1.165, 1.54) is 18.6 Å². The minimum absolute atomic E-state index is 0.173. The Bertz CT molecular complexity index is 763. The zero-order valence-electron chi connectivity index (χ0n) is 15.6. The van der Waals surface area contributed by atoms with Crippen molar-refractivity contribution in [3.8, 4) is 5.75 Å². The molecule has 1 heterocycles. The van der Waals surface area contributed by atoms with E-state index in [9.17, 15) is 14.3 Å². The third-order valence-corrected chi connectivity index (χ3v) is 5.15. The van der Waals surface area contributed by atoms with Gasteiger partial charge in [-0.05, 0) is 49.6 Å². The number of aromatic nitrogens is 1. The fourth-order valence-corrected chi connectivity index (χ4v) is 3.57. The lowest BCUT2D eigenvalue weighted by Crippen LogP contribution is -2.47. The van der Waals surface area contributed by atoms with Crippen molar-refractivity contribution in [2.75, 3.05) is 0 Å². The number of nitrogens with zero attached hydrogens (tertiary/aromatic N) is 2. The van der Waals surface area contributed by atoms with Crippen LogP contribution in [0, 0.1) is 5.82 Å². The minimum Gasteiger partial charge on any atom is -0.505 e. The van der Waals surface area contributed by atoms with Crippen molar-refractivity contribution in [3.63, 3.8) is 0 Å². The molecule has 1 fully saturated rings. The van der Waals surface area contributed by atoms with Crippen LogP contribution in [0.15, 0.2) is 42.6 Å². The van der Waals surface area contributed by atoms with Crippen LogP contribution in [0.5, 0.6) is 5.75 Å². The van der Waals surface area contributed by atoms with Crippen LogP contribution in [0.2, 0.25) is 0 Å². The average Bonchev–Trinajstić information content (AvgIpc) is 2.69. The van der Waals surface area contributed by atoms with E-state index in [0.717, 1.165) is 31.4 Å². The molecule has 1 atom stereocenters. The molecule has 3 rings (SSSR count). The van der Waals surface area contributed by atoms with Gasteiger partial charge in [0.2, 0.25) is 0 Å². The fraction of sp³-hybridized carbons (Fsp3) is 0.429. The Morgan fingerprint density at radius 2 is 2.07 bits per heavy atom. The third kappa shape index (κ3) is 4.96.